The van der Waals surface area contributed by atoms with Crippen LogP contribution in [0.25, 0.3) is 0 Å². The van der Waals surface area contributed by atoms with E-state index in [4.69, 9.17) is 5.73 Å². The van der Waals surface area contributed by atoms with Crippen LogP contribution in [0.5, 0.6) is 0 Å². The number of carbonyl (C=O) groups is 1. The summed E-state index contributed by atoms with van der Waals surface area (Å²) < 4.78 is 2.10. The molecule has 142 valence electrons. The van der Waals surface area contributed by atoms with Crippen molar-refractivity contribution in [1.82, 2.24) is 19.8 Å². The molecule has 1 amide bonds. The Balaban J connectivity index is 1.70. The van der Waals surface area contributed by atoms with Crippen molar-refractivity contribution < 1.29 is 4.79 Å². The number of hydrogen-bond acceptors (Lipinski definition) is 4. The largest absolute Gasteiger partial charge is 0.351 e. The van der Waals surface area contributed by atoms with E-state index in [2.05, 4.69) is 33.6 Å². The molecule has 1 aliphatic heterocycles. The van der Waals surface area contributed by atoms with Gasteiger partial charge in [0, 0.05) is 25.7 Å². The minimum absolute atomic E-state index is 0.0508. The molecule has 2 heterocycles. The van der Waals surface area contributed by atoms with Crippen molar-refractivity contribution in [3.8, 4) is 0 Å². The van der Waals surface area contributed by atoms with Gasteiger partial charge in [0.25, 0.3) is 5.91 Å². The van der Waals surface area contributed by atoms with Gasteiger partial charge in [-0.15, -0.1) is 0 Å². The molecule has 2 rings (SSSR count). The molecule has 0 aliphatic carbocycles. The van der Waals surface area contributed by atoms with Gasteiger partial charge in [0.1, 0.15) is 11.5 Å². The number of fused-ring (bicyclic) bond motifs is 1. The van der Waals surface area contributed by atoms with Crippen molar-refractivity contribution >= 4 is 5.91 Å². The van der Waals surface area contributed by atoms with Gasteiger partial charge in [0.05, 0.1) is 0 Å². The molecule has 3 N–H and O–H groups in total. The van der Waals surface area contributed by atoms with Crippen LogP contribution in [-0.4, -0.2) is 53.1 Å². The van der Waals surface area contributed by atoms with Gasteiger partial charge in [-0.05, 0) is 64.2 Å². The number of carbonyl (C=O) groups excluding carboxylic acids is 1. The van der Waals surface area contributed by atoms with Gasteiger partial charge in [0.15, 0.2) is 0 Å². The molecule has 1 aromatic rings. The second kappa shape index (κ2) is 10.6. The molecule has 0 fully saturated rings. The average Bonchev–Trinajstić information content (AvgIpc) is 3.04. The van der Waals surface area contributed by atoms with E-state index in [1.54, 1.807) is 0 Å². The Morgan fingerprint density at radius 1 is 1.32 bits per heavy atom. The smallest absolute Gasteiger partial charge is 0.271 e. The number of imidazole rings is 1. The SMILES string of the molecule is CCCN(CCC)CCCCNC(=O)c1cn2c(n1)CCC(CN)C2. The Bertz CT molecular complexity index is 522. The number of nitrogens with two attached hydrogens (primary N) is 1. The van der Waals surface area contributed by atoms with Crippen LogP contribution < -0.4 is 11.1 Å². The minimum atomic E-state index is -0.0508. The predicted octanol–water partition coefficient (Wildman–Crippen LogP) is 2.04. The van der Waals surface area contributed by atoms with Gasteiger partial charge in [-0.25, -0.2) is 4.98 Å². The molecule has 1 unspecified atom stereocenters. The number of rotatable bonds is 11. The predicted molar refractivity (Wildman–Crippen MR) is 102 cm³/mol. The summed E-state index contributed by atoms with van der Waals surface area (Å²) in [5, 5.41) is 3.01. The monoisotopic (exact) mass is 349 g/mol. The molecule has 25 heavy (non-hydrogen) atoms. The number of hydrogen-bond donors (Lipinski definition) is 2. The highest BCUT2D eigenvalue weighted by Gasteiger charge is 2.21. The summed E-state index contributed by atoms with van der Waals surface area (Å²) in [6.07, 6.45) is 8.41. The molecule has 6 heteroatoms. The van der Waals surface area contributed by atoms with E-state index in [0.29, 0.717) is 18.2 Å². The Hall–Kier alpha value is -1.40. The Kier molecular flexibility index (Phi) is 8.41. The number of nitrogens with zero attached hydrogens (tertiary/aromatic N) is 3. The molecular weight excluding hydrogens is 314 g/mol. The van der Waals surface area contributed by atoms with Crippen LogP contribution >= 0.6 is 0 Å². The van der Waals surface area contributed by atoms with Crippen molar-refractivity contribution in [3.63, 3.8) is 0 Å². The van der Waals surface area contributed by atoms with Gasteiger partial charge < -0.3 is 20.5 Å². The van der Waals surface area contributed by atoms with Crippen LogP contribution in [0.1, 0.15) is 62.3 Å². The van der Waals surface area contributed by atoms with Gasteiger partial charge in [0.2, 0.25) is 0 Å². The number of aromatic nitrogens is 2. The lowest BCUT2D eigenvalue weighted by molar-refractivity contribution is 0.0948. The van der Waals surface area contributed by atoms with Gasteiger partial charge in [-0.1, -0.05) is 13.8 Å². The van der Waals surface area contributed by atoms with E-state index >= 15 is 0 Å². The lowest BCUT2D eigenvalue weighted by atomic mass is 10.00. The van der Waals surface area contributed by atoms with E-state index in [-0.39, 0.29) is 5.91 Å². The van der Waals surface area contributed by atoms with Crippen LogP contribution in [0.15, 0.2) is 6.20 Å². The van der Waals surface area contributed by atoms with E-state index in [1.165, 1.54) is 25.9 Å². The highest BCUT2D eigenvalue weighted by Crippen LogP contribution is 2.19. The maximum Gasteiger partial charge on any atom is 0.271 e. The third-order valence-corrected chi connectivity index (χ3v) is 4.92. The minimum Gasteiger partial charge on any atom is -0.351 e. The summed E-state index contributed by atoms with van der Waals surface area (Å²) in [7, 11) is 0. The highest BCUT2D eigenvalue weighted by atomic mass is 16.1. The molecule has 0 saturated carbocycles. The summed E-state index contributed by atoms with van der Waals surface area (Å²) in [6.45, 7) is 10.2. The zero-order valence-electron chi connectivity index (χ0n) is 16.0. The third-order valence-electron chi connectivity index (χ3n) is 4.92. The normalized spacial score (nSPS) is 16.9. The first-order valence-electron chi connectivity index (χ1n) is 9.94. The lowest BCUT2D eigenvalue weighted by Gasteiger charge is -2.21. The molecule has 0 saturated heterocycles. The number of aryl methyl sites for hydroxylation is 1. The molecule has 0 bridgehead atoms. The van der Waals surface area contributed by atoms with Crippen molar-refractivity contribution in [2.45, 2.75) is 58.9 Å². The Morgan fingerprint density at radius 2 is 2.08 bits per heavy atom. The third kappa shape index (κ3) is 6.12. The molecule has 1 aliphatic rings. The fourth-order valence-corrected chi connectivity index (χ4v) is 3.54. The van der Waals surface area contributed by atoms with Crippen molar-refractivity contribution in [1.29, 1.82) is 0 Å². The highest BCUT2D eigenvalue weighted by molar-refractivity contribution is 5.92. The molecular formula is C19H35N5O. The molecule has 0 aromatic carbocycles. The maximum absolute atomic E-state index is 12.3. The van der Waals surface area contributed by atoms with Gasteiger partial charge in [-0.2, -0.15) is 0 Å². The van der Waals surface area contributed by atoms with E-state index in [0.717, 1.165) is 51.1 Å². The lowest BCUT2D eigenvalue weighted by Crippen LogP contribution is -2.28. The summed E-state index contributed by atoms with van der Waals surface area (Å²) >= 11 is 0. The quantitative estimate of drug-likeness (QED) is 0.600. The topological polar surface area (TPSA) is 76.2 Å². The molecule has 0 radical (unpaired) electrons. The van der Waals surface area contributed by atoms with Crippen molar-refractivity contribution in [2.24, 2.45) is 11.7 Å². The molecule has 1 aromatic heterocycles. The van der Waals surface area contributed by atoms with Crippen molar-refractivity contribution in [3.05, 3.63) is 17.7 Å². The van der Waals surface area contributed by atoms with Crippen molar-refractivity contribution in [2.75, 3.05) is 32.7 Å². The first-order chi connectivity index (χ1) is 12.2. The van der Waals surface area contributed by atoms with Crippen LogP contribution in [0.4, 0.5) is 0 Å². The first-order valence-corrected chi connectivity index (χ1v) is 9.94. The average molecular weight is 350 g/mol. The van der Waals surface area contributed by atoms with Gasteiger partial charge in [-0.3, -0.25) is 4.79 Å². The summed E-state index contributed by atoms with van der Waals surface area (Å²) in [5.74, 6) is 1.47. The number of amides is 1. The Labute approximate surface area is 152 Å². The summed E-state index contributed by atoms with van der Waals surface area (Å²) in [4.78, 5) is 19.3. The molecule has 1 atom stereocenters. The zero-order valence-corrected chi connectivity index (χ0v) is 16.0. The Morgan fingerprint density at radius 3 is 2.76 bits per heavy atom. The van der Waals surface area contributed by atoms with Crippen LogP contribution in [-0.2, 0) is 13.0 Å². The summed E-state index contributed by atoms with van der Waals surface area (Å²) in [5.41, 5.74) is 6.31. The number of nitrogens with one attached hydrogen (secondary N) is 1. The standard InChI is InChI=1S/C19H35N5O/c1-3-10-23(11-4-2)12-6-5-9-21-19(25)17-15-24-14-16(13-20)7-8-18(24)22-17/h15-16H,3-14,20H2,1-2H3,(H,21,25). The van der Waals surface area contributed by atoms with E-state index in [1.807, 2.05) is 6.20 Å². The van der Waals surface area contributed by atoms with Gasteiger partial charge >= 0.3 is 0 Å². The van der Waals surface area contributed by atoms with Crippen LogP contribution in [0.2, 0.25) is 0 Å². The fourth-order valence-electron chi connectivity index (χ4n) is 3.54. The second-order valence-corrected chi connectivity index (χ2v) is 7.14. The molecule has 6 nitrogen and oxygen atoms in total. The number of unbranched alkanes of at least 4 members (excludes halogenated alkanes) is 1. The summed E-state index contributed by atoms with van der Waals surface area (Å²) in [6, 6.07) is 0. The van der Waals surface area contributed by atoms with E-state index < -0.39 is 0 Å². The zero-order chi connectivity index (χ0) is 18.1. The maximum atomic E-state index is 12.3. The fraction of sp³-hybridized carbons (Fsp3) is 0.789. The van der Waals surface area contributed by atoms with E-state index in [9.17, 15) is 4.79 Å². The molecule has 0 spiro atoms. The first kappa shape index (κ1) is 19.9. The van der Waals surface area contributed by atoms with Crippen LogP contribution in [0, 0.1) is 5.92 Å². The van der Waals surface area contributed by atoms with Crippen LogP contribution in [0.3, 0.4) is 0 Å². The second-order valence-electron chi connectivity index (χ2n) is 7.14.